The van der Waals surface area contributed by atoms with Gasteiger partial charge in [-0.3, -0.25) is 0 Å². The quantitative estimate of drug-likeness (QED) is 0.704. The lowest BCUT2D eigenvalue weighted by atomic mass is 10.1. The molecule has 20 heavy (non-hydrogen) atoms. The van der Waals surface area contributed by atoms with Crippen molar-refractivity contribution in [3.8, 4) is 0 Å². The van der Waals surface area contributed by atoms with Crippen LogP contribution in [-0.4, -0.2) is 41.4 Å². The zero-order valence-corrected chi connectivity index (χ0v) is 12.2. The Morgan fingerprint density at radius 2 is 2.15 bits per heavy atom. The summed E-state index contributed by atoms with van der Waals surface area (Å²) in [5.41, 5.74) is 0. The Bertz CT molecular complexity index is 428. The standard InChI is InChI=1S/C14H24N4O2/c1-3-20-9-14-17-12(15-2)7-13(18-14)16-8-10-5-4-6-11(10)19/h7,10-11,19H,3-6,8-9H2,1-2H3,(H2,15,16,17,18). The van der Waals surface area contributed by atoms with Crippen molar-refractivity contribution >= 4 is 11.6 Å². The van der Waals surface area contributed by atoms with Crippen LogP contribution in [0.2, 0.25) is 0 Å². The summed E-state index contributed by atoms with van der Waals surface area (Å²) in [7, 11) is 1.83. The molecule has 1 fully saturated rings. The van der Waals surface area contributed by atoms with Gasteiger partial charge in [-0.2, -0.15) is 0 Å². The summed E-state index contributed by atoms with van der Waals surface area (Å²) in [6.45, 7) is 3.74. The van der Waals surface area contributed by atoms with Crippen molar-refractivity contribution in [1.29, 1.82) is 0 Å². The van der Waals surface area contributed by atoms with Crippen LogP contribution in [0.5, 0.6) is 0 Å². The van der Waals surface area contributed by atoms with E-state index in [2.05, 4.69) is 20.6 Å². The number of aliphatic hydroxyl groups excluding tert-OH is 1. The Labute approximate surface area is 120 Å². The molecule has 6 heteroatoms. The lowest BCUT2D eigenvalue weighted by molar-refractivity contribution is 0.128. The number of ether oxygens (including phenoxy) is 1. The zero-order valence-electron chi connectivity index (χ0n) is 12.2. The molecule has 0 radical (unpaired) electrons. The Balaban J connectivity index is 1.98. The van der Waals surface area contributed by atoms with E-state index in [0.29, 0.717) is 25.0 Å². The molecule has 1 heterocycles. The van der Waals surface area contributed by atoms with Crippen LogP contribution in [0.1, 0.15) is 32.0 Å². The molecule has 6 nitrogen and oxygen atoms in total. The van der Waals surface area contributed by atoms with Gasteiger partial charge in [0, 0.05) is 32.2 Å². The number of anilines is 2. The van der Waals surface area contributed by atoms with E-state index in [4.69, 9.17) is 4.74 Å². The summed E-state index contributed by atoms with van der Waals surface area (Å²) in [5.74, 6) is 2.52. The highest BCUT2D eigenvalue weighted by molar-refractivity contribution is 5.47. The molecular weight excluding hydrogens is 256 g/mol. The van der Waals surface area contributed by atoms with E-state index in [1.165, 1.54) is 0 Å². The molecule has 0 aliphatic heterocycles. The van der Waals surface area contributed by atoms with Crippen LogP contribution < -0.4 is 10.6 Å². The minimum Gasteiger partial charge on any atom is -0.393 e. The molecule has 1 aromatic rings. The molecule has 1 aliphatic carbocycles. The Morgan fingerprint density at radius 3 is 2.80 bits per heavy atom. The predicted molar refractivity (Wildman–Crippen MR) is 78.7 cm³/mol. The fourth-order valence-electron chi connectivity index (χ4n) is 2.46. The monoisotopic (exact) mass is 280 g/mol. The van der Waals surface area contributed by atoms with Crippen molar-refractivity contribution in [1.82, 2.24) is 9.97 Å². The van der Waals surface area contributed by atoms with Crippen molar-refractivity contribution in [2.75, 3.05) is 30.8 Å². The molecule has 1 saturated carbocycles. The minimum atomic E-state index is -0.184. The molecule has 2 atom stereocenters. The van der Waals surface area contributed by atoms with Crippen molar-refractivity contribution in [2.45, 2.75) is 38.9 Å². The molecule has 2 rings (SSSR count). The SMILES string of the molecule is CCOCc1nc(NC)cc(NCC2CCCC2O)n1. The normalized spacial score (nSPS) is 21.9. The third-order valence-electron chi connectivity index (χ3n) is 3.63. The molecule has 0 spiro atoms. The maximum atomic E-state index is 9.83. The van der Waals surface area contributed by atoms with E-state index >= 15 is 0 Å². The number of hydrogen-bond donors (Lipinski definition) is 3. The highest BCUT2D eigenvalue weighted by atomic mass is 16.5. The van der Waals surface area contributed by atoms with E-state index in [1.54, 1.807) is 0 Å². The van der Waals surface area contributed by atoms with Gasteiger partial charge in [-0.1, -0.05) is 6.42 Å². The molecule has 0 bridgehead atoms. The van der Waals surface area contributed by atoms with Crippen molar-refractivity contribution in [3.05, 3.63) is 11.9 Å². The summed E-state index contributed by atoms with van der Waals surface area (Å²) in [4.78, 5) is 8.78. The highest BCUT2D eigenvalue weighted by Crippen LogP contribution is 2.25. The summed E-state index contributed by atoms with van der Waals surface area (Å²) < 4.78 is 5.35. The Morgan fingerprint density at radius 1 is 1.35 bits per heavy atom. The third kappa shape index (κ3) is 4.05. The second kappa shape index (κ2) is 7.40. The molecular formula is C14H24N4O2. The van der Waals surface area contributed by atoms with Gasteiger partial charge in [0.15, 0.2) is 5.82 Å². The molecule has 0 amide bonds. The summed E-state index contributed by atoms with van der Waals surface area (Å²) in [6.07, 6.45) is 2.91. The van der Waals surface area contributed by atoms with Crippen LogP contribution in [0, 0.1) is 5.92 Å². The summed E-state index contributed by atoms with van der Waals surface area (Å²) in [5, 5.41) is 16.2. The number of aromatic nitrogens is 2. The predicted octanol–water partition coefficient (Wildman–Crippen LogP) is 1.63. The fraction of sp³-hybridized carbons (Fsp3) is 0.714. The molecule has 112 valence electrons. The molecule has 3 N–H and O–H groups in total. The molecule has 0 aromatic carbocycles. The van der Waals surface area contributed by atoms with Gasteiger partial charge in [-0.05, 0) is 19.8 Å². The van der Waals surface area contributed by atoms with Gasteiger partial charge in [-0.25, -0.2) is 9.97 Å². The third-order valence-corrected chi connectivity index (χ3v) is 3.63. The van der Waals surface area contributed by atoms with Crippen LogP contribution in [0.15, 0.2) is 6.07 Å². The van der Waals surface area contributed by atoms with Gasteiger partial charge in [0.05, 0.1) is 6.10 Å². The topological polar surface area (TPSA) is 79.3 Å². The minimum absolute atomic E-state index is 0.184. The van der Waals surface area contributed by atoms with Crippen molar-refractivity contribution in [3.63, 3.8) is 0 Å². The summed E-state index contributed by atoms with van der Waals surface area (Å²) >= 11 is 0. The van der Waals surface area contributed by atoms with Gasteiger partial charge in [0.1, 0.15) is 18.2 Å². The first kappa shape index (κ1) is 15.0. The first-order chi connectivity index (χ1) is 9.72. The van der Waals surface area contributed by atoms with Gasteiger partial charge >= 0.3 is 0 Å². The second-order valence-corrected chi connectivity index (χ2v) is 5.08. The van der Waals surface area contributed by atoms with Gasteiger partial charge < -0.3 is 20.5 Å². The number of nitrogens with one attached hydrogen (secondary N) is 2. The van der Waals surface area contributed by atoms with Crippen LogP contribution in [0.3, 0.4) is 0 Å². The van der Waals surface area contributed by atoms with Crippen LogP contribution in [0.25, 0.3) is 0 Å². The van der Waals surface area contributed by atoms with Crippen molar-refractivity contribution in [2.24, 2.45) is 5.92 Å². The average Bonchev–Trinajstić information content (AvgIpc) is 2.88. The van der Waals surface area contributed by atoms with Gasteiger partial charge in [-0.15, -0.1) is 0 Å². The molecule has 0 saturated heterocycles. The maximum absolute atomic E-state index is 9.83. The van der Waals surface area contributed by atoms with Gasteiger partial charge in [0.2, 0.25) is 0 Å². The second-order valence-electron chi connectivity index (χ2n) is 5.08. The summed E-state index contributed by atoms with van der Waals surface area (Å²) in [6, 6.07) is 1.87. The zero-order chi connectivity index (χ0) is 14.4. The highest BCUT2D eigenvalue weighted by Gasteiger charge is 2.24. The van der Waals surface area contributed by atoms with E-state index in [9.17, 15) is 5.11 Å². The smallest absolute Gasteiger partial charge is 0.158 e. The average molecular weight is 280 g/mol. The van der Waals surface area contributed by atoms with Crippen LogP contribution >= 0.6 is 0 Å². The molecule has 1 aromatic heterocycles. The molecule has 1 aliphatic rings. The van der Waals surface area contributed by atoms with Gasteiger partial charge in [0.25, 0.3) is 0 Å². The van der Waals surface area contributed by atoms with E-state index in [1.807, 2.05) is 20.0 Å². The maximum Gasteiger partial charge on any atom is 0.158 e. The lowest BCUT2D eigenvalue weighted by Crippen LogP contribution is -2.22. The van der Waals surface area contributed by atoms with Crippen molar-refractivity contribution < 1.29 is 9.84 Å². The number of hydrogen-bond acceptors (Lipinski definition) is 6. The van der Waals surface area contributed by atoms with Crippen LogP contribution in [-0.2, 0) is 11.3 Å². The lowest BCUT2D eigenvalue weighted by Gasteiger charge is -2.16. The number of nitrogens with zero attached hydrogens (tertiary/aromatic N) is 2. The van der Waals surface area contributed by atoms with Crippen LogP contribution in [0.4, 0.5) is 11.6 Å². The van der Waals surface area contributed by atoms with E-state index < -0.39 is 0 Å². The van der Waals surface area contributed by atoms with E-state index in [-0.39, 0.29) is 6.10 Å². The van der Waals surface area contributed by atoms with E-state index in [0.717, 1.165) is 37.4 Å². The number of rotatable bonds is 7. The first-order valence-electron chi connectivity index (χ1n) is 7.28. The first-order valence-corrected chi connectivity index (χ1v) is 7.28. The Hall–Kier alpha value is -1.40. The fourth-order valence-corrected chi connectivity index (χ4v) is 2.46. The molecule has 2 unspecified atom stereocenters. The number of aliphatic hydroxyl groups is 1. The largest absolute Gasteiger partial charge is 0.393 e. The Kier molecular flexibility index (Phi) is 5.55.